The summed E-state index contributed by atoms with van der Waals surface area (Å²) in [5.74, 6) is -2.62. The maximum atomic E-state index is 14.5. The highest BCUT2D eigenvalue weighted by Crippen LogP contribution is 2.40. The van der Waals surface area contributed by atoms with Crippen LogP contribution in [-0.2, 0) is 30.3 Å². The van der Waals surface area contributed by atoms with Gasteiger partial charge in [-0.15, -0.1) is 16.5 Å². The number of carbonyl (C=O) groups is 3. The molecule has 0 radical (unpaired) electrons. The minimum absolute atomic E-state index is 0.212. The summed E-state index contributed by atoms with van der Waals surface area (Å²) in [5, 5.41) is -0.607. The highest BCUT2D eigenvalue weighted by atomic mass is 32.2. The summed E-state index contributed by atoms with van der Waals surface area (Å²) in [6, 6.07) is 24.0. The summed E-state index contributed by atoms with van der Waals surface area (Å²) in [5.41, 5.74) is -0.421. The Morgan fingerprint density at radius 1 is 0.820 bits per heavy atom. The van der Waals surface area contributed by atoms with Gasteiger partial charge in [0.25, 0.3) is 0 Å². The lowest BCUT2D eigenvalue weighted by atomic mass is 9.87. The molecular formula is C38H42FNO8S2. The molecule has 9 atom stereocenters. The number of halogens is 1. The zero-order chi connectivity index (χ0) is 35.8. The Morgan fingerprint density at radius 3 is 1.74 bits per heavy atom. The van der Waals surface area contributed by atoms with Gasteiger partial charge >= 0.3 is 17.9 Å². The molecule has 2 bridgehead atoms. The van der Waals surface area contributed by atoms with Crippen LogP contribution in [0.5, 0.6) is 0 Å². The standard InChI is InChI=1S/C38H42FNO8S2/c1-24-15-14-22-28(23-39)49-37-33(47-36(43)27-20-12-7-13-21-27)32(46-35(42)26-18-10-6-11-19-26)31(45-34(41)25-16-8-5-9-17-25)30(48-37)29(24)40-50(44)38(2,3)4/h5-21,24,28-33,37,40H,22-23H2,1-4H3/t24-,28+,29-,30-,31+,32+,33-,37-,50?/m1/s1. The number of hydrogen-bond donors (Lipinski definition) is 1. The van der Waals surface area contributed by atoms with Crippen LogP contribution in [0.1, 0.15) is 65.2 Å². The predicted octanol–water partition coefficient (Wildman–Crippen LogP) is 6.48. The van der Waals surface area contributed by atoms with Crippen LogP contribution in [-0.4, -0.2) is 75.0 Å². The van der Waals surface area contributed by atoms with Crippen molar-refractivity contribution in [3.8, 4) is 0 Å². The third-order valence-electron chi connectivity index (χ3n) is 8.35. The first-order valence-electron chi connectivity index (χ1n) is 16.5. The van der Waals surface area contributed by atoms with E-state index in [0.29, 0.717) is 6.42 Å². The summed E-state index contributed by atoms with van der Waals surface area (Å²) in [6.07, 6.45) is -1.20. The minimum Gasteiger partial charge on any atom is -0.598 e. The number of benzene rings is 3. The van der Waals surface area contributed by atoms with Crippen LogP contribution in [0.15, 0.2) is 103 Å². The number of nitrogens with one attached hydrogen (secondary N) is 1. The number of hydrogen-bond acceptors (Lipinski definition) is 10. The lowest BCUT2D eigenvalue weighted by Crippen LogP contribution is -2.67. The van der Waals surface area contributed by atoms with Crippen LogP contribution in [0.4, 0.5) is 4.39 Å². The zero-order valence-corrected chi connectivity index (χ0v) is 29.9. The Hall–Kier alpha value is -3.68. The molecule has 1 saturated heterocycles. The lowest BCUT2D eigenvalue weighted by molar-refractivity contribution is -0.207. The second kappa shape index (κ2) is 17.0. The molecule has 9 nitrogen and oxygen atoms in total. The van der Waals surface area contributed by atoms with E-state index in [1.807, 2.05) is 39.8 Å². The molecule has 1 N–H and O–H groups in total. The number of fused-ring (bicyclic) bond motifs is 2. The van der Waals surface area contributed by atoms with Crippen molar-refractivity contribution in [2.24, 2.45) is 5.92 Å². The molecule has 2 aliphatic rings. The van der Waals surface area contributed by atoms with Gasteiger partial charge in [-0.2, -0.15) is 0 Å². The number of thioether (sulfide) groups is 1. The Morgan fingerprint density at radius 2 is 1.28 bits per heavy atom. The third kappa shape index (κ3) is 9.35. The first-order chi connectivity index (χ1) is 24.0. The molecule has 12 heteroatoms. The van der Waals surface area contributed by atoms with Crippen LogP contribution in [0.3, 0.4) is 0 Å². The molecule has 3 aromatic rings. The Labute approximate surface area is 299 Å². The van der Waals surface area contributed by atoms with E-state index in [9.17, 15) is 23.3 Å². The van der Waals surface area contributed by atoms with Crippen molar-refractivity contribution < 1.29 is 42.3 Å². The molecule has 2 aliphatic heterocycles. The highest BCUT2D eigenvalue weighted by molar-refractivity contribution is 8.00. The van der Waals surface area contributed by atoms with Gasteiger partial charge in [-0.25, -0.2) is 18.8 Å². The first-order valence-corrected chi connectivity index (χ1v) is 18.5. The van der Waals surface area contributed by atoms with Gasteiger partial charge in [0.15, 0.2) is 18.3 Å². The summed E-state index contributed by atoms with van der Waals surface area (Å²) >= 11 is -0.520. The number of ether oxygens (including phenoxy) is 4. The Balaban J connectivity index is 1.66. The number of rotatable bonds is 9. The van der Waals surface area contributed by atoms with E-state index in [1.165, 1.54) is 0 Å². The van der Waals surface area contributed by atoms with E-state index in [1.54, 1.807) is 91.0 Å². The van der Waals surface area contributed by atoms with Crippen molar-refractivity contribution in [1.82, 2.24) is 4.72 Å². The van der Waals surface area contributed by atoms with Crippen molar-refractivity contribution in [2.45, 2.75) is 80.0 Å². The molecule has 2 heterocycles. The maximum absolute atomic E-state index is 14.5. The van der Waals surface area contributed by atoms with Gasteiger partial charge in [0.2, 0.25) is 0 Å². The second-order valence-electron chi connectivity index (χ2n) is 13.1. The van der Waals surface area contributed by atoms with Crippen molar-refractivity contribution >= 4 is 41.0 Å². The normalized spacial score (nSPS) is 27.4. The molecule has 266 valence electrons. The van der Waals surface area contributed by atoms with E-state index in [2.05, 4.69) is 4.72 Å². The Kier molecular flexibility index (Phi) is 12.8. The fraction of sp³-hybridized carbons (Fsp3) is 0.395. The van der Waals surface area contributed by atoms with E-state index >= 15 is 0 Å². The van der Waals surface area contributed by atoms with Crippen LogP contribution in [0.25, 0.3) is 0 Å². The van der Waals surface area contributed by atoms with Gasteiger partial charge in [0.05, 0.1) is 22.7 Å². The summed E-state index contributed by atoms with van der Waals surface area (Å²) in [7, 11) is 0. The monoisotopic (exact) mass is 723 g/mol. The molecule has 1 fully saturated rings. The largest absolute Gasteiger partial charge is 0.598 e. The zero-order valence-electron chi connectivity index (χ0n) is 28.3. The maximum Gasteiger partial charge on any atom is 0.338 e. The molecule has 0 spiro atoms. The molecule has 5 rings (SSSR count). The van der Waals surface area contributed by atoms with Gasteiger partial charge < -0.3 is 23.5 Å². The molecular weight excluding hydrogens is 682 g/mol. The number of alkyl halides is 1. The van der Waals surface area contributed by atoms with Gasteiger partial charge in [-0.1, -0.05) is 73.7 Å². The molecule has 50 heavy (non-hydrogen) atoms. The molecule has 0 saturated carbocycles. The average molecular weight is 724 g/mol. The van der Waals surface area contributed by atoms with Gasteiger partial charge in [0.1, 0.15) is 23.0 Å². The Bertz CT molecular complexity index is 1610. The molecule has 0 amide bonds. The van der Waals surface area contributed by atoms with Crippen molar-refractivity contribution in [3.63, 3.8) is 0 Å². The van der Waals surface area contributed by atoms with Gasteiger partial charge in [-0.3, -0.25) is 0 Å². The number of carbonyl (C=O) groups excluding carboxylic acids is 3. The predicted molar refractivity (Wildman–Crippen MR) is 191 cm³/mol. The molecule has 3 aromatic carbocycles. The molecule has 0 aromatic heterocycles. The van der Waals surface area contributed by atoms with Gasteiger partial charge in [0, 0.05) is 16.6 Å². The van der Waals surface area contributed by atoms with E-state index in [-0.39, 0.29) is 22.6 Å². The first kappa shape index (κ1) is 37.6. The van der Waals surface area contributed by atoms with Crippen molar-refractivity contribution in [3.05, 3.63) is 120 Å². The highest BCUT2D eigenvalue weighted by Gasteiger charge is 2.57. The van der Waals surface area contributed by atoms with E-state index < -0.39 is 81.8 Å². The number of allylic oxidation sites excluding steroid dienone is 1. The quantitative estimate of drug-likeness (QED) is 0.114. The van der Waals surface area contributed by atoms with Crippen LogP contribution in [0, 0.1) is 5.92 Å². The molecule has 0 aliphatic carbocycles. The van der Waals surface area contributed by atoms with E-state index in [0.717, 1.165) is 11.8 Å². The number of esters is 3. The summed E-state index contributed by atoms with van der Waals surface area (Å²) < 4.78 is 56.0. The fourth-order valence-electron chi connectivity index (χ4n) is 5.61. The fourth-order valence-corrected chi connectivity index (χ4v) is 7.79. The lowest BCUT2D eigenvalue weighted by Gasteiger charge is -2.48. The molecule has 1 unspecified atom stereocenters. The van der Waals surface area contributed by atoms with Crippen molar-refractivity contribution in [2.75, 3.05) is 6.67 Å². The smallest absolute Gasteiger partial charge is 0.338 e. The summed E-state index contributed by atoms with van der Waals surface area (Å²) in [6.45, 7) is 6.62. The topological polar surface area (TPSA) is 123 Å². The van der Waals surface area contributed by atoms with Crippen LogP contribution >= 0.6 is 11.8 Å². The minimum atomic E-state index is -1.62. The third-order valence-corrected chi connectivity index (χ3v) is 11.3. The average Bonchev–Trinajstić information content (AvgIpc) is 3.12. The van der Waals surface area contributed by atoms with Crippen LogP contribution in [0.2, 0.25) is 0 Å². The van der Waals surface area contributed by atoms with Crippen molar-refractivity contribution in [1.29, 1.82) is 0 Å². The van der Waals surface area contributed by atoms with Gasteiger partial charge in [-0.05, 0) is 69.5 Å². The summed E-state index contributed by atoms with van der Waals surface area (Å²) in [4.78, 5) is 41.2. The van der Waals surface area contributed by atoms with E-state index in [4.69, 9.17) is 18.9 Å². The van der Waals surface area contributed by atoms with Crippen LogP contribution < -0.4 is 4.72 Å². The SMILES string of the molecule is C[C@@H]1C=CC[C@@H](CF)S[C@H]2O[C@H]([C@@H]1N[S+]([O-])C(C)(C)C)[C@H](OC(=O)c1ccccc1)[C@H](OC(=O)c1ccccc1)[C@H]2OC(=O)c1ccccc1. The second-order valence-corrected chi connectivity index (χ2v) is 16.5.